The van der Waals surface area contributed by atoms with E-state index in [4.69, 9.17) is 0 Å². The lowest BCUT2D eigenvalue weighted by Crippen LogP contribution is -2.22. The van der Waals surface area contributed by atoms with Gasteiger partial charge >= 0.3 is 0 Å². The minimum absolute atomic E-state index is 0.283. The van der Waals surface area contributed by atoms with Gasteiger partial charge in [0.05, 0.1) is 10.1 Å². The summed E-state index contributed by atoms with van der Waals surface area (Å²) in [5, 5.41) is -0.283. The molecule has 0 aliphatic carbocycles. The fraction of sp³-hybridized carbons (Fsp3) is 0.379. The number of rotatable bonds is 14. The Hall–Kier alpha value is -2.39. The van der Waals surface area contributed by atoms with Gasteiger partial charge in [0, 0.05) is 0 Å². The maximum absolute atomic E-state index is 13.3. The summed E-state index contributed by atoms with van der Waals surface area (Å²) < 4.78 is 26.6. The van der Waals surface area contributed by atoms with Crippen LogP contribution in [0.4, 0.5) is 0 Å². The maximum Gasteiger partial charge on any atom is 0.181 e. The van der Waals surface area contributed by atoms with Crippen LogP contribution in [0, 0.1) is 0 Å². The molecule has 170 valence electrons. The van der Waals surface area contributed by atoms with Crippen LogP contribution in [0.25, 0.3) is 0 Å². The van der Waals surface area contributed by atoms with Gasteiger partial charge in [0.25, 0.3) is 0 Å². The highest BCUT2D eigenvalue weighted by Crippen LogP contribution is 2.25. The van der Waals surface area contributed by atoms with Crippen LogP contribution in [0.5, 0.6) is 0 Å². The SMILES string of the molecule is O=S(=O)(c1ccccc1)C(CCCCCCc1ccccc1)CCCCc1ccccc1. The Kier molecular flexibility index (Phi) is 10.0. The van der Waals surface area contributed by atoms with Gasteiger partial charge in [0.15, 0.2) is 9.84 Å². The summed E-state index contributed by atoms with van der Waals surface area (Å²) in [6, 6.07) is 30.0. The monoisotopic (exact) mass is 448 g/mol. The van der Waals surface area contributed by atoms with Gasteiger partial charge in [-0.05, 0) is 61.8 Å². The van der Waals surface area contributed by atoms with E-state index in [0.29, 0.717) is 4.90 Å². The predicted octanol–water partition coefficient (Wildman–Crippen LogP) is 7.44. The summed E-state index contributed by atoms with van der Waals surface area (Å²) in [4.78, 5) is 0.470. The van der Waals surface area contributed by atoms with Crippen LogP contribution in [0.2, 0.25) is 0 Å². The quantitative estimate of drug-likeness (QED) is 0.240. The molecular formula is C29H36O2S. The smallest absolute Gasteiger partial charge is 0.181 e. The predicted molar refractivity (Wildman–Crippen MR) is 135 cm³/mol. The number of unbranched alkanes of at least 4 members (excludes halogenated alkanes) is 4. The average Bonchev–Trinajstić information content (AvgIpc) is 2.84. The first-order valence-electron chi connectivity index (χ1n) is 12.0. The van der Waals surface area contributed by atoms with Gasteiger partial charge in [0.1, 0.15) is 0 Å². The Bertz CT molecular complexity index is 983. The highest BCUT2D eigenvalue weighted by atomic mass is 32.2. The first-order valence-corrected chi connectivity index (χ1v) is 13.6. The molecule has 0 heterocycles. The van der Waals surface area contributed by atoms with Gasteiger partial charge in [-0.3, -0.25) is 0 Å². The third-order valence-electron chi connectivity index (χ3n) is 6.18. The standard InChI is InChI=1S/C29H36O2S/c30-32(31,28-23-12-5-13-24-28)29(25-15-14-21-27-19-9-4-10-20-27)22-11-2-1-6-16-26-17-7-3-8-18-26/h3-5,7-10,12-13,17-20,23-24,29H,1-2,6,11,14-16,21-22,25H2. The molecular weight excluding hydrogens is 412 g/mol. The molecule has 0 saturated carbocycles. The second kappa shape index (κ2) is 13.2. The third-order valence-corrected chi connectivity index (χ3v) is 8.46. The maximum atomic E-state index is 13.3. The molecule has 32 heavy (non-hydrogen) atoms. The van der Waals surface area contributed by atoms with Gasteiger partial charge in [0.2, 0.25) is 0 Å². The Balaban J connectivity index is 1.48. The van der Waals surface area contributed by atoms with Crippen LogP contribution < -0.4 is 0 Å². The van der Waals surface area contributed by atoms with Gasteiger partial charge < -0.3 is 0 Å². The van der Waals surface area contributed by atoms with E-state index in [2.05, 4.69) is 54.6 Å². The molecule has 3 aromatic carbocycles. The molecule has 0 amide bonds. The van der Waals surface area contributed by atoms with Crippen molar-refractivity contribution in [1.82, 2.24) is 0 Å². The number of hydrogen-bond donors (Lipinski definition) is 0. The molecule has 0 aliphatic heterocycles. The zero-order chi connectivity index (χ0) is 22.5. The molecule has 1 unspecified atom stereocenters. The van der Waals surface area contributed by atoms with Crippen LogP contribution in [-0.4, -0.2) is 13.7 Å². The Morgan fingerprint density at radius 2 is 0.906 bits per heavy atom. The zero-order valence-corrected chi connectivity index (χ0v) is 19.8. The van der Waals surface area contributed by atoms with Crippen molar-refractivity contribution in [3.8, 4) is 0 Å². The van der Waals surface area contributed by atoms with Crippen molar-refractivity contribution in [1.29, 1.82) is 0 Å². The summed E-state index contributed by atoms with van der Waals surface area (Å²) >= 11 is 0. The van der Waals surface area contributed by atoms with E-state index in [1.54, 1.807) is 12.1 Å². The van der Waals surface area contributed by atoms with Crippen molar-refractivity contribution >= 4 is 9.84 Å². The van der Waals surface area contributed by atoms with Crippen molar-refractivity contribution in [2.45, 2.75) is 74.4 Å². The summed E-state index contributed by atoms with van der Waals surface area (Å²) in [5.74, 6) is 0. The fourth-order valence-corrected chi connectivity index (χ4v) is 6.18. The lowest BCUT2D eigenvalue weighted by molar-refractivity contribution is 0.524. The lowest BCUT2D eigenvalue weighted by Gasteiger charge is -2.18. The first-order chi connectivity index (χ1) is 15.7. The number of aryl methyl sites for hydroxylation is 2. The van der Waals surface area contributed by atoms with E-state index in [9.17, 15) is 8.42 Å². The zero-order valence-electron chi connectivity index (χ0n) is 19.0. The fourth-order valence-electron chi connectivity index (χ4n) is 4.30. The van der Waals surface area contributed by atoms with Crippen molar-refractivity contribution < 1.29 is 8.42 Å². The Labute approximate surface area is 194 Å². The van der Waals surface area contributed by atoms with E-state index < -0.39 is 9.84 Å². The number of hydrogen-bond acceptors (Lipinski definition) is 2. The molecule has 0 aliphatic rings. The van der Waals surface area contributed by atoms with Gasteiger partial charge in [-0.2, -0.15) is 0 Å². The molecule has 0 aromatic heterocycles. The highest BCUT2D eigenvalue weighted by Gasteiger charge is 2.26. The molecule has 3 rings (SSSR count). The average molecular weight is 449 g/mol. The minimum Gasteiger partial charge on any atom is -0.223 e. The van der Waals surface area contributed by atoms with Crippen LogP contribution >= 0.6 is 0 Å². The normalized spacial score (nSPS) is 12.5. The minimum atomic E-state index is -3.28. The molecule has 0 bridgehead atoms. The Morgan fingerprint density at radius 3 is 1.44 bits per heavy atom. The molecule has 0 fully saturated rings. The van der Waals surface area contributed by atoms with Crippen LogP contribution in [0.1, 0.15) is 62.5 Å². The topological polar surface area (TPSA) is 34.1 Å². The Morgan fingerprint density at radius 1 is 0.500 bits per heavy atom. The van der Waals surface area contributed by atoms with Gasteiger partial charge in [-0.15, -0.1) is 0 Å². The third kappa shape index (κ3) is 7.94. The largest absolute Gasteiger partial charge is 0.223 e. The van der Waals surface area contributed by atoms with E-state index in [-0.39, 0.29) is 5.25 Å². The molecule has 0 radical (unpaired) electrons. The van der Waals surface area contributed by atoms with Crippen LogP contribution in [-0.2, 0) is 22.7 Å². The van der Waals surface area contributed by atoms with Gasteiger partial charge in [-0.25, -0.2) is 8.42 Å². The summed E-state index contributed by atoms with van der Waals surface area (Å²) in [7, 11) is -3.28. The molecule has 3 aromatic rings. The molecule has 0 spiro atoms. The second-order valence-corrected chi connectivity index (χ2v) is 10.9. The van der Waals surface area contributed by atoms with E-state index in [1.807, 2.05) is 24.3 Å². The van der Waals surface area contributed by atoms with Crippen molar-refractivity contribution in [3.05, 3.63) is 102 Å². The van der Waals surface area contributed by atoms with Crippen molar-refractivity contribution in [2.24, 2.45) is 0 Å². The van der Waals surface area contributed by atoms with Crippen LogP contribution in [0.3, 0.4) is 0 Å². The number of sulfone groups is 1. The van der Waals surface area contributed by atoms with Crippen molar-refractivity contribution in [3.63, 3.8) is 0 Å². The molecule has 1 atom stereocenters. The lowest BCUT2D eigenvalue weighted by atomic mass is 10.0. The van der Waals surface area contributed by atoms with E-state index in [0.717, 1.165) is 64.2 Å². The summed E-state index contributed by atoms with van der Waals surface area (Å²) in [6.07, 6.45) is 9.98. The highest BCUT2D eigenvalue weighted by molar-refractivity contribution is 7.92. The second-order valence-electron chi connectivity index (χ2n) is 8.65. The molecule has 2 nitrogen and oxygen atoms in total. The van der Waals surface area contributed by atoms with Crippen molar-refractivity contribution in [2.75, 3.05) is 0 Å². The van der Waals surface area contributed by atoms with E-state index >= 15 is 0 Å². The van der Waals surface area contributed by atoms with E-state index in [1.165, 1.54) is 11.1 Å². The first kappa shape index (κ1) is 24.3. The van der Waals surface area contributed by atoms with Gasteiger partial charge in [-0.1, -0.05) is 105 Å². The molecule has 0 saturated heterocycles. The molecule has 3 heteroatoms. The number of benzene rings is 3. The summed E-state index contributed by atoms with van der Waals surface area (Å²) in [5.41, 5.74) is 2.71. The van der Waals surface area contributed by atoms with Crippen LogP contribution in [0.15, 0.2) is 95.9 Å². The summed E-state index contributed by atoms with van der Waals surface area (Å²) in [6.45, 7) is 0. The molecule has 0 N–H and O–H groups in total.